The Labute approximate surface area is 151 Å². The molecule has 0 aliphatic rings. The molecule has 6 heteroatoms. The zero-order valence-electron chi connectivity index (χ0n) is 14.8. The minimum atomic E-state index is 0.575. The van der Waals surface area contributed by atoms with Crippen molar-refractivity contribution in [3.8, 4) is 33.9 Å². The van der Waals surface area contributed by atoms with Crippen LogP contribution in [-0.2, 0) is 0 Å². The van der Waals surface area contributed by atoms with Crippen LogP contribution in [0.25, 0.3) is 28.2 Å². The van der Waals surface area contributed by atoms with Crippen molar-refractivity contribution >= 4 is 5.78 Å². The van der Waals surface area contributed by atoms with Gasteiger partial charge in [-0.3, -0.25) is 0 Å². The highest BCUT2D eigenvalue weighted by atomic mass is 16.5. The minimum absolute atomic E-state index is 0.575. The van der Waals surface area contributed by atoms with Crippen LogP contribution in [0.2, 0.25) is 0 Å². The van der Waals surface area contributed by atoms with Crippen LogP contribution in [0.1, 0.15) is 5.82 Å². The lowest BCUT2D eigenvalue weighted by Gasteiger charge is -2.12. The summed E-state index contributed by atoms with van der Waals surface area (Å²) >= 11 is 0. The zero-order chi connectivity index (χ0) is 18.1. The molecule has 0 radical (unpaired) electrons. The van der Waals surface area contributed by atoms with Gasteiger partial charge in [-0.2, -0.15) is 9.50 Å². The molecule has 4 rings (SSSR count). The van der Waals surface area contributed by atoms with Crippen molar-refractivity contribution in [3.63, 3.8) is 0 Å². The number of nitrogens with zero attached hydrogens (tertiary/aromatic N) is 4. The summed E-state index contributed by atoms with van der Waals surface area (Å²) in [6.07, 6.45) is 1.84. The zero-order valence-corrected chi connectivity index (χ0v) is 14.8. The number of methoxy groups -OCH3 is 2. The quantitative estimate of drug-likeness (QED) is 0.563. The number of aromatic nitrogens is 4. The fraction of sp³-hybridized carbons (Fsp3) is 0.150. The molecule has 0 N–H and O–H groups in total. The van der Waals surface area contributed by atoms with Crippen molar-refractivity contribution in [2.24, 2.45) is 0 Å². The lowest BCUT2D eigenvalue weighted by atomic mass is 10.0. The molecule has 130 valence electrons. The van der Waals surface area contributed by atoms with E-state index in [4.69, 9.17) is 9.47 Å². The third-order valence-corrected chi connectivity index (χ3v) is 4.24. The van der Waals surface area contributed by atoms with Crippen molar-refractivity contribution in [2.45, 2.75) is 6.92 Å². The summed E-state index contributed by atoms with van der Waals surface area (Å²) in [5.41, 5.74) is 3.94. The Bertz CT molecular complexity index is 1050. The first kappa shape index (κ1) is 16.1. The predicted molar refractivity (Wildman–Crippen MR) is 99.5 cm³/mol. The summed E-state index contributed by atoms with van der Waals surface area (Å²) in [5, 5.41) is 4.54. The van der Waals surface area contributed by atoms with Gasteiger partial charge in [-0.15, -0.1) is 5.10 Å². The number of rotatable bonds is 4. The molecule has 0 aliphatic heterocycles. The molecule has 0 saturated heterocycles. The maximum absolute atomic E-state index is 5.28. The van der Waals surface area contributed by atoms with Crippen molar-refractivity contribution in [1.82, 2.24) is 19.6 Å². The Morgan fingerprint density at radius 1 is 0.808 bits per heavy atom. The second kappa shape index (κ2) is 6.48. The number of benzene rings is 2. The molecule has 6 nitrogen and oxygen atoms in total. The Morgan fingerprint density at radius 3 is 1.96 bits per heavy atom. The molecule has 0 unspecified atom stereocenters. The standard InChI is InChI=1S/C20H18N4O2/c1-13-22-20-21-12-18(14-4-8-16(25-2)9-5-14)19(24(20)23-13)15-6-10-17(26-3)11-7-15/h4-12H,1-3H3. The summed E-state index contributed by atoms with van der Waals surface area (Å²) in [7, 11) is 3.31. The highest BCUT2D eigenvalue weighted by Crippen LogP contribution is 2.33. The van der Waals surface area contributed by atoms with Crippen molar-refractivity contribution in [1.29, 1.82) is 0 Å². The Kier molecular flexibility index (Phi) is 4.01. The summed E-state index contributed by atoms with van der Waals surface area (Å²) in [4.78, 5) is 8.87. The van der Waals surface area contributed by atoms with E-state index in [0.717, 1.165) is 33.9 Å². The van der Waals surface area contributed by atoms with Gasteiger partial charge in [0, 0.05) is 17.3 Å². The fourth-order valence-electron chi connectivity index (χ4n) is 2.94. The maximum atomic E-state index is 5.28. The molecule has 26 heavy (non-hydrogen) atoms. The monoisotopic (exact) mass is 346 g/mol. The number of hydrogen-bond acceptors (Lipinski definition) is 5. The van der Waals surface area contributed by atoms with Crippen molar-refractivity contribution in [2.75, 3.05) is 14.2 Å². The lowest BCUT2D eigenvalue weighted by Crippen LogP contribution is -2.00. The Morgan fingerprint density at radius 2 is 1.38 bits per heavy atom. The largest absolute Gasteiger partial charge is 0.497 e. The number of ether oxygens (including phenoxy) is 2. The van der Waals surface area contributed by atoms with Crippen LogP contribution in [0.4, 0.5) is 0 Å². The molecule has 2 heterocycles. The van der Waals surface area contributed by atoms with E-state index >= 15 is 0 Å². The van der Waals surface area contributed by atoms with Crippen LogP contribution in [0.15, 0.2) is 54.7 Å². The lowest BCUT2D eigenvalue weighted by molar-refractivity contribution is 0.414. The van der Waals surface area contributed by atoms with Crippen molar-refractivity contribution in [3.05, 3.63) is 60.6 Å². The van der Waals surface area contributed by atoms with E-state index in [1.807, 2.05) is 61.7 Å². The Balaban J connectivity index is 1.96. The van der Waals surface area contributed by atoms with E-state index in [9.17, 15) is 0 Å². The normalized spacial score (nSPS) is 10.9. The SMILES string of the molecule is COc1ccc(-c2cnc3nc(C)nn3c2-c2ccc(OC)cc2)cc1. The molecule has 2 aromatic heterocycles. The van der Waals surface area contributed by atoms with Gasteiger partial charge in [0.1, 0.15) is 17.3 Å². The van der Waals surface area contributed by atoms with Crippen LogP contribution in [-0.4, -0.2) is 33.8 Å². The van der Waals surface area contributed by atoms with Gasteiger partial charge in [0.15, 0.2) is 0 Å². The van der Waals surface area contributed by atoms with E-state index in [0.29, 0.717) is 11.6 Å². The molecule has 2 aromatic carbocycles. The molecule has 0 saturated carbocycles. The van der Waals surface area contributed by atoms with E-state index in [1.54, 1.807) is 18.7 Å². The smallest absolute Gasteiger partial charge is 0.252 e. The Hall–Kier alpha value is -3.41. The minimum Gasteiger partial charge on any atom is -0.497 e. The molecule has 0 amide bonds. The van der Waals surface area contributed by atoms with Gasteiger partial charge in [0.2, 0.25) is 0 Å². The van der Waals surface area contributed by atoms with Gasteiger partial charge in [0.05, 0.1) is 19.9 Å². The first-order chi connectivity index (χ1) is 12.7. The average molecular weight is 346 g/mol. The maximum Gasteiger partial charge on any atom is 0.252 e. The molecule has 4 aromatic rings. The van der Waals surface area contributed by atoms with E-state index in [1.165, 1.54) is 0 Å². The highest BCUT2D eigenvalue weighted by molar-refractivity contribution is 5.82. The van der Waals surface area contributed by atoms with Crippen LogP contribution in [0.3, 0.4) is 0 Å². The second-order valence-corrected chi connectivity index (χ2v) is 5.85. The second-order valence-electron chi connectivity index (χ2n) is 5.85. The third-order valence-electron chi connectivity index (χ3n) is 4.24. The number of fused-ring (bicyclic) bond motifs is 1. The summed E-state index contributed by atoms with van der Waals surface area (Å²) in [6, 6.07) is 15.8. The average Bonchev–Trinajstić information content (AvgIpc) is 3.07. The molecule has 0 fully saturated rings. The van der Waals surface area contributed by atoms with Crippen molar-refractivity contribution < 1.29 is 9.47 Å². The highest BCUT2D eigenvalue weighted by Gasteiger charge is 2.15. The number of hydrogen-bond donors (Lipinski definition) is 0. The van der Waals surface area contributed by atoms with E-state index < -0.39 is 0 Å². The first-order valence-corrected chi connectivity index (χ1v) is 8.21. The van der Waals surface area contributed by atoms with Gasteiger partial charge in [-0.25, -0.2) is 4.98 Å². The molecule has 0 spiro atoms. The van der Waals surface area contributed by atoms with Crippen LogP contribution in [0.5, 0.6) is 11.5 Å². The molecule has 0 atom stereocenters. The summed E-state index contributed by atoms with van der Waals surface area (Å²) in [6.45, 7) is 1.86. The van der Waals surface area contributed by atoms with Crippen LogP contribution in [0, 0.1) is 6.92 Å². The van der Waals surface area contributed by atoms with Gasteiger partial charge >= 0.3 is 0 Å². The van der Waals surface area contributed by atoms with E-state index in [-0.39, 0.29) is 0 Å². The van der Waals surface area contributed by atoms with Gasteiger partial charge in [-0.05, 0) is 48.9 Å². The van der Waals surface area contributed by atoms with Gasteiger partial charge < -0.3 is 9.47 Å². The third kappa shape index (κ3) is 2.75. The predicted octanol–water partition coefficient (Wildman–Crippen LogP) is 3.78. The molecular weight excluding hydrogens is 328 g/mol. The van der Waals surface area contributed by atoms with Gasteiger partial charge in [0.25, 0.3) is 5.78 Å². The molecule has 0 bridgehead atoms. The fourth-order valence-corrected chi connectivity index (χ4v) is 2.94. The number of aryl methyl sites for hydroxylation is 1. The summed E-state index contributed by atoms with van der Waals surface area (Å²) in [5.74, 6) is 2.87. The van der Waals surface area contributed by atoms with E-state index in [2.05, 4.69) is 15.1 Å². The first-order valence-electron chi connectivity index (χ1n) is 8.21. The topological polar surface area (TPSA) is 61.5 Å². The summed E-state index contributed by atoms with van der Waals surface area (Å²) < 4.78 is 12.3. The van der Waals surface area contributed by atoms with Crippen LogP contribution < -0.4 is 9.47 Å². The van der Waals surface area contributed by atoms with Gasteiger partial charge in [-0.1, -0.05) is 12.1 Å². The molecule has 0 aliphatic carbocycles. The van der Waals surface area contributed by atoms with Crippen LogP contribution >= 0.6 is 0 Å². The molecular formula is C20H18N4O2.